The smallest absolute Gasteiger partial charge is 0.266 e. The molecule has 5 nitrogen and oxygen atoms in total. The summed E-state index contributed by atoms with van der Waals surface area (Å²) in [6.45, 7) is 2.41. The molecular formula is C19H19ClN2O3. The predicted molar refractivity (Wildman–Crippen MR) is 97.0 cm³/mol. The van der Waals surface area contributed by atoms with Crippen molar-refractivity contribution in [3.05, 3.63) is 58.6 Å². The maximum Gasteiger partial charge on any atom is 0.266 e. The predicted octanol–water partition coefficient (Wildman–Crippen LogP) is 3.10. The summed E-state index contributed by atoms with van der Waals surface area (Å²) in [6, 6.07) is 13.0. The van der Waals surface area contributed by atoms with Crippen LogP contribution < -0.4 is 15.4 Å². The van der Waals surface area contributed by atoms with Crippen LogP contribution in [0.15, 0.2) is 42.5 Å². The number of amides is 2. The van der Waals surface area contributed by atoms with Crippen LogP contribution in [0, 0.1) is 6.92 Å². The van der Waals surface area contributed by atoms with E-state index in [1.54, 1.807) is 6.07 Å². The van der Waals surface area contributed by atoms with Gasteiger partial charge in [-0.15, -0.1) is 0 Å². The quantitative estimate of drug-likeness (QED) is 0.863. The molecule has 0 fully saturated rings. The lowest BCUT2D eigenvalue weighted by Crippen LogP contribution is -2.41. The van der Waals surface area contributed by atoms with Gasteiger partial charge in [-0.05, 0) is 48.7 Å². The molecule has 0 spiro atoms. The van der Waals surface area contributed by atoms with Crippen LogP contribution in [-0.2, 0) is 16.0 Å². The van der Waals surface area contributed by atoms with Crippen LogP contribution in [0.1, 0.15) is 17.5 Å². The Labute approximate surface area is 151 Å². The highest BCUT2D eigenvalue weighted by Gasteiger charge is 2.29. The molecule has 0 saturated carbocycles. The number of benzene rings is 2. The first kappa shape index (κ1) is 17.3. The molecule has 2 aromatic carbocycles. The monoisotopic (exact) mass is 358 g/mol. The molecule has 3 rings (SSSR count). The SMILES string of the molecule is Cc1ccc2c(c1)NC(=O)C(CC(=O)NCCc1cccc(Cl)c1)O2. The highest BCUT2D eigenvalue weighted by molar-refractivity contribution is 6.30. The second-order valence-electron chi connectivity index (χ2n) is 6.03. The van der Waals surface area contributed by atoms with Crippen LogP contribution in [0.4, 0.5) is 5.69 Å². The Bertz CT molecular complexity index is 807. The zero-order chi connectivity index (χ0) is 17.8. The standard InChI is InChI=1S/C19H19ClN2O3/c1-12-5-6-16-15(9-12)22-19(24)17(25-16)11-18(23)21-8-7-13-3-2-4-14(20)10-13/h2-6,9-10,17H,7-8,11H2,1H3,(H,21,23)(H,22,24). The molecule has 1 atom stereocenters. The lowest BCUT2D eigenvalue weighted by atomic mass is 10.1. The minimum atomic E-state index is -0.818. The number of halogens is 1. The van der Waals surface area contributed by atoms with Crippen molar-refractivity contribution in [3.63, 3.8) is 0 Å². The largest absolute Gasteiger partial charge is 0.478 e. The number of carbonyl (C=O) groups is 2. The molecule has 1 aliphatic heterocycles. The van der Waals surface area contributed by atoms with Crippen LogP contribution in [0.3, 0.4) is 0 Å². The summed E-state index contributed by atoms with van der Waals surface area (Å²) in [5.41, 5.74) is 2.71. The van der Waals surface area contributed by atoms with E-state index < -0.39 is 6.10 Å². The second kappa shape index (κ2) is 7.57. The molecule has 0 aliphatic carbocycles. The maximum atomic E-state index is 12.1. The number of anilines is 1. The number of hydrogen-bond donors (Lipinski definition) is 2. The van der Waals surface area contributed by atoms with Crippen LogP contribution >= 0.6 is 11.6 Å². The van der Waals surface area contributed by atoms with E-state index in [9.17, 15) is 9.59 Å². The average Bonchev–Trinajstić information content (AvgIpc) is 2.56. The van der Waals surface area contributed by atoms with Gasteiger partial charge in [-0.25, -0.2) is 0 Å². The Balaban J connectivity index is 1.51. The minimum absolute atomic E-state index is 0.0192. The van der Waals surface area contributed by atoms with E-state index >= 15 is 0 Å². The molecular weight excluding hydrogens is 340 g/mol. The maximum absolute atomic E-state index is 12.1. The third-order valence-corrected chi connectivity index (χ3v) is 4.19. The Hall–Kier alpha value is -2.53. The summed E-state index contributed by atoms with van der Waals surface area (Å²) in [4.78, 5) is 24.2. The van der Waals surface area contributed by atoms with Gasteiger partial charge in [0, 0.05) is 11.6 Å². The van der Waals surface area contributed by atoms with Crippen molar-refractivity contribution >= 4 is 29.1 Å². The number of aryl methyl sites for hydroxylation is 1. The fraction of sp³-hybridized carbons (Fsp3) is 0.263. The lowest BCUT2D eigenvalue weighted by Gasteiger charge is -2.25. The number of rotatable bonds is 5. The van der Waals surface area contributed by atoms with Crippen molar-refractivity contribution < 1.29 is 14.3 Å². The van der Waals surface area contributed by atoms with Crippen molar-refractivity contribution in [2.75, 3.05) is 11.9 Å². The molecule has 0 aromatic heterocycles. The molecule has 2 N–H and O–H groups in total. The topological polar surface area (TPSA) is 67.4 Å². The summed E-state index contributed by atoms with van der Waals surface area (Å²) >= 11 is 5.93. The highest BCUT2D eigenvalue weighted by Crippen LogP contribution is 2.30. The zero-order valence-electron chi connectivity index (χ0n) is 13.8. The first-order chi connectivity index (χ1) is 12.0. The van der Waals surface area contributed by atoms with Gasteiger partial charge in [0.1, 0.15) is 5.75 Å². The molecule has 25 heavy (non-hydrogen) atoms. The first-order valence-electron chi connectivity index (χ1n) is 8.10. The summed E-state index contributed by atoms with van der Waals surface area (Å²) in [7, 11) is 0. The van der Waals surface area contributed by atoms with Gasteiger partial charge in [-0.3, -0.25) is 9.59 Å². The van der Waals surface area contributed by atoms with Crippen LogP contribution in [0.2, 0.25) is 5.02 Å². The van der Waals surface area contributed by atoms with Crippen molar-refractivity contribution in [2.24, 2.45) is 0 Å². The fourth-order valence-electron chi connectivity index (χ4n) is 2.68. The molecule has 2 aromatic rings. The van der Waals surface area contributed by atoms with Crippen molar-refractivity contribution in [1.82, 2.24) is 5.32 Å². The second-order valence-corrected chi connectivity index (χ2v) is 6.47. The number of fused-ring (bicyclic) bond motifs is 1. The molecule has 1 aliphatic rings. The van der Waals surface area contributed by atoms with Gasteiger partial charge in [0.05, 0.1) is 12.1 Å². The van der Waals surface area contributed by atoms with Gasteiger partial charge in [0.25, 0.3) is 5.91 Å². The summed E-state index contributed by atoms with van der Waals surface area (Å²) in [5.74, 6) is 0.0581. The Morgan fingerprint density at radius 2 is 2.12 bits per heavy atom. The van der Waals surface area contributed by atoms with Gasteiger partial charge in [-0.1, -0.05) is 29.8 Å². The number of ether oxygens (including phenoxy) is 1. The highest BCUT2D eigenvalue weighted by atomic mass is 35.5. The molecule has 1 unspecified atom stereocenters. The minimum Gasteiger partial charge on any atom is -0.478 e. The molecule has 1 heterocycles. The van der Waals surface area contributed by atoms with Gasteiger partial charge < -0.3 is 15.4 Å². The first-order valence-corrected chi connectivity index (χ1v) is 8.48. The van der Waals surface area contributed by atoms with Crippen molar-refractivity contribution in [3.8, 4) is 5.75 Å². The number of hydrogen-bond acceptors (Lipinski definition) is 3. The molecule has 0 radical (unpaired) electrons. The fourth-order valence-corrected chi connectivity index (χ4v) is 2.89. The zero-order valence-corrected chi connectivity index (χ0v) is 14.6. The third-order valence-electron chi connectivity index (χ3n) is 3.95. The van der Waals surface area contributed by atoms with Crippen molar-refractivity contribution in [2.45, 2.75) is 25.9 Å². The van der Waals surface area contributed by atoms with Gasteiger partial charge >= 0.3 is 0 Å². The molecule has 0 saturated heterocycles. The van der Waals surface area contributed by atoms with Crippen LogP contribution in [-0.4, -0.2) is 24.5 Å². The third kappa shape index (κ3) is 4.51. The summed E-state index contributed by atoms with van der Waals surface area (Å²) in [6.07, 6.45) is -0.165. The summed E-state index contributed by atoms with van der Waals surface area (Å²) in [5, 5.41) is 6.27. The van der Waals surface area contributed by atoms with E-state index in [1.807, 2.05) is 43.3 Å². The Morgan fingerprint density at radius 3 is 2.92 bits per heavy atom. The van der Waals surface area contributed by atoms with Crippen molar-refractivity contribution in [1.29, 1.82) is 0 Å². The molecule has 130 valence electrons. The van der Waals surface area contributed by atoms with E-state index in [1.165, 1.54) is 0 Å². The molecule has 0 bridgehead atoms. The molecule has 6 heteroatoms. The van der Waals surface area contributed by atoms with E-state index in [0.29, 0.717) is 29.4 Å². The van der Waals surface area contributed by atoms with E-state index in [-0.39, 0.29) is 18.2 Å². The average molecular weight is 359 g/mol. The van der Waals surface area contributed by atoms with E-state index in [4.69, 9.17) is 16.3 Å². The van der Waals surface area contributed by atoms with Crippen LogP contribution in [0.5, 0.6) is 5.75 Å². The van der Waals surface area contributed by atoms with E-state index in [2.05, 4.69) is 10.6 Å². The van der Waals surface area contributed by atoms with Gasteiger partial charge in [-0.2, -0.15) is 0 Å². The number of nitrogens with one attached hydrogen (secondary N) is 2. The lowest BCUT2D eigenvalue weighted by molar-refractivity contribution is -0.130. The normalized spacial score (nSPS) is 15.8. The van der Waals surface area contributed by atoms with Gasteiger partial charge in [0.15, 0.2) is 6.10 Å². The van der Waals surface area contributed by atoms with Gasteiger partial charge in [0.2, 0.25) is 5.91 Å². The van der Waals surface area contributed by atoms with E-state index in [0.717, 1.165) is 11.1 Å². The van der Waals surface area contributed by atoms with Crippen LogP contribution in [0.25, 0.3) is 0 Å². The Kier molecular flexibility index (Phi) is 5.24. The summed E-state index contributed by atoms with van der Waals surface area (Å²) < 4.78 is 5.66. The number of carbonyl (C=O) groups excluding carboxylic acids is 2. The molecule has 2 amide bonds. The Morgan fingerprint density at radius 1 is 1.28 bits per heavy atom.